The second-order valence-electron chi connectivity index (χ2n) is 8.88. The lowest BCUT2D eigenvalue weighted by Crippen LogP contribution is -2.54. The van der Waals surface area contributed by atoms with Crippen LogP contribution in [0.1, 0.15) is 46.0 Å². The molecule has 4 aliphatic rings. The summed E-state index contributed by atoms with van der Waals surface area (Å²) in [6, 6.07) is 0. The fourth-order valence-corrected chi connectivity index (χ4v) is 6.67. The molecule has 0 aromatic rings. The summed E-state index contributed by atoms with van der Waals surface area (Å²) in [5.74, 6) is 0.477. The molecule has 1 N–H and O–H groups in total. The lowest BCUT2D eigenvalue weighted by Gasteiger charge is -2.55. The first kappa shape index (κ1) is 16.9. The van der Waals surface area contributed by atoms with E-state index in [1.165, 1.54) is 0 Å². The Morgan fingerprint density at radius 1 is 1.24 bits per heavy atom. The molecule has 0 amide bonds. The highest BCUT2D eigenvalue weighted by Crippen LogP contribution is 2.64. The van der Waals surface area contributed by atoms with Crippen LogP contribution in [0.15, 0.2) is 23.8 Å². The number of carbonyl (C=O) groups is 3. The minimum Gasteiger partial charge on any atom is -0.389 e. The minimum atomic E-state index is -0.426. The number of hydrogen-bond donors (Lipinski definition) is 1. The highest BCUT2D eigenvalue weighted by Gasteiger charge is 2.62. The average Bonchev–Trinajstić information content (AvgIpc) is 2.91. The van der Waals surface area contributed by atoms with E-state index in [0.717, 1.165) is 31.3 Å². The van der Waals surface area contributed by atoms with E-state index in [0.29, 0.717) is 12.3 Å². The van der Waals surface area contributed by atoms with Gasteiger partial charge in [0.25, 0.3) is 0 Å². The van der Waals surface area contributed by atoms with Crippen molar-refractivity contribution in [2.75, 3.05) is 6.61 Å². The highest BCUT2D eigenvalue weighted by atomic mass is 16.3. The number of aliphatic hydroxyl groups is 1. The van der Waals surface area contributed by atoms with Crippen molar-refractivity contribution in [3.63, 3.8) is 0 Å². The number of carbonyl (C=O) groups excluding carboxylic acids is 3. The van der Waals surface area contributed by atoms with Crippen LogP contribution in [0.3, 0.4) is 0 Å². The van der Waals surface area contributed by atoms with Crippen LogP contribution in [-0.2, 0) is 14.4 Å². The zero-order valence-corrected chi connectivity index (χ0v) is 15.0. The number of rotatable bonds is 2. The minimum absolute atomic E-state index is 0.0218. The first-order chi connectivity index (χ1) is 11.8. The molecule has 4 rings (SSSR count). The lowest BCUT2D eigenvalue weighted by atomic mass is 9.47. The largest absolute Gasteiger partial charge is 0.389 e. The number of allylic oxidation sites excluding steroid dienone is 4. The third-order valence-corrected chi connectivity index (χ3v) is 7.80. The van der Waals surface area contributed by atoms with E-state index in [4.69, 9.17) is 0 Å². The van der Waals surface area contributed by atoms with Crippen molar-refractivity contribution in [3.05, 3.63) is 23.8 Å². The topological polar surface area (TPSA) is 71.4 Å². The van der Waals surface area contributed by atoms with Crippen LogP contribution >= 0.6 is 0 Å². The molecule has 4 unspecified atom stereocenters. The maximum atomic E-state index is 13.3. The van der Waals surface area contributed by atoms with Crippen molar-refractivity contribution in [3.8, 4) is 0 Å². The van der Waals surface area contributed by atoms with E-state index >= 15 is 0 Å². The van der Waals surface area contributed by atoms with Gasteiger partial charge in [0.1, 0.15) is 12.4 Å². The van der Waals surface area contributed by atoms with E-state index in [9.17, 15) is 19.5 Å². The van der Waals surface area contributed by atoms with Gasteiger partial charge in [-0.05, 0) is 55.1 Å². The molecule has 25 heavy (non-hydrogen) atoms. The molecule has 0 aromatic carbocycles. The van der Waals surface area contributed by atoms with Crippen molar-refractivity contribution >= 4 is 17.3 Å². The van der Waals surface area contributed by atoms with Gasteiger partial charge in [-0.1, -0.05) is 25.5 Å². The Balaban J connectivity index is 1.73. The summed E-state index contributed by atoms with van der Waals surface area (Å²) in [6.07, 6.45) is 9.21. The Bertz CT molecular complexity index is 717. The molecule has 4 nitrogen and oxygen atoms in total. The summed E-state index contributed by atoms with van der Waals surface area (Å²) in [7, 11) is 0. The molecule has 0 saturated heterocycles. The molecule has 3 fully saturated rings. The van der Waals surface area contributed by atoms with Crippen LogP contribution in [0.25, 0.3) is 0 Å². The third-order valence-electron chi connectivity index (χ3n) is 7.80. The van der Waals surface area contributed by atoms with Gasteiger partial charge in [-0.25, -0.2) is 0 Å². The standard InChI is InChI=1S/C21H26O4/c1-20-8-7-13(23)9-12(20)3-4-14-15-5-6-16(18(25)11-22)21(15,2)10-17(24)19(14)20/h7-9,14-16,19,22H,3-6,10-11H2,1-2H3/t14?,15?,16-,19?,20?,21+/m1/s1. The summed E-state index contributed by atoms with van der Waals surface area (Å²) < 4.78 is 0. The maximum Gasteiger partial charge on any atom is 0.178 e. The summed E-state index contributed by atoms with van der Waals surface area (Å²) in [6.45, 7) is 3.76. The molecule has 0 radical (unpaired) electrons. The summed E-state index contributed by atoms with van der Waals surface area (Å²) >= 11 is 0. The molecule has 3 saturated carbocycles. The summed E-state index contributed by atoms with van der Waals surface area (Å²) in [5.41, 5.74) is 0.428. The lowest BCUT2D eigenvalue weighted by molar-refractivity contribution is -0.146. The van der Waals surface area contributed by atoms with Gasteiger partial charge >= 0.3 is 0 Å². The van der Waals surface area contributed by atoms with Crippen LogP contribution in [0.2, 0.25) is 0 Å². The SMILES string of the molecule is CC12C=CC(=O)C=C1CCC1C2C(=O)C[C@@]2(C)C1CC[C@@H]2C(=O)CO. The van der Waals surface area contributed by atoms with Crippen LogP contribution in [0.5, 0.6) is 0 Å². The van der Waals surface area contributed by atoms with Gasteiger partial charge in [-0.2, -0.15) is 0 Å². The van der Waals surface area contributed by atoms with Gasteiger partial charge in [0.05, 0.1) is 0 Å². The van der Waals surface area contributed by atoms with Crippen LogP contribution in [-0.4, -0.2) is 29.1 Å². The number of hydrogen-bond acceptors (Lipinski definition) is 4. The van der Waals surface area contributed by atoms with Gasteiger partial charge in [0, 0.05) is 23.7 Å². The molecule has 0 aliphatic heterocycles. The normalized spacial score (nSPS) is 45.5. The molecular weight excluding hydrogens is 316 g/mol. The zero-order valence-electron chi connectivity index (χ0n) is 15.0. The Hall–Kier alpha value is -1.55. The van der Waals surface area contributed by atoms with E-state index < -0.39 is 6.61 Å². The summed E-state index contributed by atoms with van der Waals surface area (Å²) in [4.78, 5) is 37.3. The van der Waals surface area contributed by atoms with Crippen molar-refractivity contribution in [2.24, 2.45) is 34.5 Å². The van der Waals surface area contributed by atoms with Crippen LogP contribution in [0.4, 0.5) is 0 Å². The second kappa shape index (κ2) is 5.47. The first-order valence-corrected chi connectivity index (χ1v) is 9.42. The van der Waals surface area contributed by atoms with Crippen molar-refractivity contribution in [2.45, 2.75) is 46.0 Å². The average molecular weight is 342 g/mol. The van der Waals surface area contributed by atoms with Crippen molar-refractivity contribution < 1.29 is 19.5 Å². The van der Waals surface area contributed by atoms with E-state index in [1.807, 2.05) is 6.08 Å². The smallest absolute Gasteiger partial charge is 0.178 e. The van der Waals surface area contributed by atoms with Gasteiger partial charge in [-0.3, -0.25) is 14.4 Å². The van der Waals surface area contributed by atoms with Gasteiger partial charge < -0.3 is 5.11 Å². The highest BCUT2D eigenvalue weighted by molar-refractivity contribution is 6.01. The zero-order chi connectivity index (χ0) is 18.0. The van der Waals surface area contributed by atoms with Crippen LogP contribution in [0, 0.1) is 34.5 Å². The molecule has 6 atom stereocenters. The molecule has 4 aliphatic carbocycles. The van der Waals surface area contributed by atoms with Crippen molar-refractivity contribution in [1.82, 2.24) is 0 Å². The van der Waals surface area contributed by atoms with Gasteiger partial charge in [0.15, 0.2) is 11.6 Å². The van der Waals surface area contributed by atoms with E-state index in [1.54, 1.807) is 12.2 Å². The van der Waals surface area contributed by atoms with Gasteiger partial charge in [0.2, 0.25) is 0 Å². The fourth-order valence-electron chi connectivity index (χ4n) is 6.67. The second-order valence-corrected chi connectivity index (χ2v) is 8.88. The molecule has 4 heteroatoms. The van der Waals surface area contributed by atoms with E-state index in [2.05, 4.69) is 13.8 Å². The monoisotopic (exact) mass is 342 g/mol. The molecule has 0 heterocycles. The predicted octanol–water partition coefficient (Wildman–Crippen LogP) is 2.65. The maximum absolute atomic E-state index is 13.3. The molecule has 0 bridgehead atoms. The molecule has 0 aromatic heterocycles. The Kier molecular flexibility index (Phi) is 3.70. The number of ketones is 3. The Morgan fingerprint density at radius 3 is 2.72 bits per heavy atom. The third kappa shape index (κ3) is 2.19. The summed E-state index contributed by atoms with van der Waals surface area (Å²) in [5, 5.41) is 9.34. The fraction of sp³-hybridized carbons (Fsp3) is 0.667. The Morgan fingerprint density at radius 2 is 2.00 bits per heavy atom. The van der Waals surface area contributed by atoms with Crippen molar-refractivity contribution in [1.29, 1.82) is 0 Å². The molecule has 134 valence electrons. The first-order valence-electron chi connectivity index (χ1n) is 9.42. The van der Waals surface area contributed by atoms with E-state index in [-0.39, 0.29) is 45.9 Å². The van der Waals surface area contributed by atoms with Gasteiger partial charge in [-0.15, -0.1) is 0 Å². The Labute approximate surface area is 148 Å². The quantitative estimate of drug-likeness (QED) is 0.837. The molecular formula is C21H26O4. The predicted molar refractivity (Wildman–Crippen MR) is 92.6 cm³/mol. The number of aliphatic hydroxyl groups excluding tert-OH is 1. The number of Topliss-reactive ketones (excluding diaryl/α,β-unsaturated/α-hetero) is 2. The number of fused-ring (bicyclic) bond motifs is 5. The molecule has 0 spiro atoms. The van der Waals surface area contributed by atoms with Crippen LogP contribution < -0.4 is 0 Å².